The summed E-state index contributed by atoms with van der Waals surface area (Å²) in [6.45, 7) is 6.40. The van der Waals surface area contributed by atoms with Crippen LogP contribution in [0.3, 0.4) is 0 Å². The zero-order valence-corrected chi connectivity index (χ0v) is 43.9. The van der Waals surface area contributed by atoms with Crippen molar-refractivity contribution in [1.82, 2.24) is 0 Å². The van der Waals surface area contributed by atoms with Crippen molar-refractivity contribution in [3.63, 3.8) is 0 Å². The fourth-order valence-electron chi connectivity index (χ4n) is 7.74. The lowest BCUT2D eigenvalue weighted by Crippen LogP contribution is -2.30. The molecule has 0 aliphatic carbocycles. The summed E-state index contributed by atoms with van der Waals surface area (Å²) in [5, 5.41) is 0. The molecule has 0 saturated carbocycles. The van der Waals surface area contributed by atoms with Crippen molar-refractivity contribution in [1.29, 1.82) is 0 Å². The molecule has 0 amide bonds. The average Bonchev–Trinajstić information content (AvgIpc) is 3.33. The van der Waals surface area contributed by atoms with Gasteiger partial charge in [0.2, 0.25) is 0 Å². The van der Waals surface area contributed by atoms with Gasteiger partial charge in [0.25, 0.3) is 0 Å². The first-order valence-electron chi connectivity index (χ1n) is 28.1. The first-order valence-corrected chi connectivity index (χ1v) is 28.1. The van der Waals surface area contributed by atoms with Gasteiger partial charge in [-0.15, -0.1) is 0 Å². The van der Waals surface area contributed by atoms with Crippen LogP contribution in [0.1, 0.15) is 265 Å². The fraction of sp³-hybridized carbons (Fsp3) is 0.721. The molecule has 0 aromatic heterocycles. The van der Waals surface area contributed by atoms with Crippen LogP contribution in [-0.2, 0) is 28.6 Å². The summed E-state index contributed by atoms with van der Waals surface area (Å²) in [5.41, 5.74) is 0. The summed E-state index contributed by atoms with van der Waals surface area (Å²) >= 11 is 0. The Morgan fingerprint density at radius 1 is 0.313 bits per heavy atom. The van der Waals surface area contributed by atoms with Gasteiger partial charge in [-0.1, -0.05) is 241 Å². The minimum atomic E-state index is -0.791. The smallest absolute Gasteiger partial charge is 0.306 e. The number of allylic oxidation sites excluding steroid dienone is 14. The van der Waals surface area contributed by atoms with Crippen LogP contribution in [0.25, 0.3) is 0 Å². The molecule has 0 radical (unpaired) electrons. The maximum absolute atomic E-state index is 12.8. The van der Waals surface area contributed by atoms with Gasteiger partial charge >= 0.3 is 17.9 Å². The van der Waals surface area contributed by atoms with Gasteiger partial charge in [0, 0.05) is 19.3 Å². The van der Waals surface area contributed by atoms with Crippen molar-refractivity contribution < 1.29 is 28.6 Å². The van der Waals surface area contributed by atoms with Gasteiger partial charge in [0.1, 0.15) is 13.2 Å². The highest BCUT2D eigenvalue weighted by atomic mass is 16.6. The van der Waals surface area contributed by atoms with Crippen LogP contribution in [0.2, 0.25) is 0 Å². The maximum Gasteiger partial charge on any atom is 0.306 e. The van der Waals surface area contributed by atoms with E-state index in [4.69, 9.17) is 14.2 Å². The van der Waals surface area contributed by atoms with E-state index in [9.17, 15) is 14.4 Å². The Balaban J connectivity index is 4.42. The van der Waals surface area contributed by atoms with Crippen molar-refractivity contribution in [2.24, 2.45) is 0 Å². The number of carbonyl (C=O) groups excluding carboxylic acids is 3. The van der Waals surface area contributed by atoms with Crippen LogP contribution < -0.4 is 0 Å². The Bertz CT molecular complexity index is 1300. The second-order valence-corrected chi connectivity index (χ2v) is 18.4. The van der Waals surface area contributed by atoms with Crippen LogP contribution in [0, 0.1) is 0 Å². The number of ether oxygens (including phenoxy) is 3. The maximum atomic E-state index is 12.8. The van der Waals surface area contributed by atoms with E-state index in [0.29, 0.717) is 19.3 Å². The average molecular weight is 933 g/mol. The zero-order chi connectivity index (χ0) is 48.6. The molecular weight excluding hydrogens is 829 g/mol. The standard InChI is InChI=1S/C61H104O6/c1-4-7-10-13-16-19-22-25-28-30-31-32-34-36-39-42-45-48-51-54-60(63)66-57-58(56-65-59(62)53-50-47-44-41-38-35-27-24-21-18-15-12-9-6-3)67-61(64)55-52-49-46-43-40-37-33-29-26-23-20-17-14-11-8-5-2/h7,9-10,12,16,18-19,21,25,27-28,31-32,35,58H,4-6,8,11,13-15,17,20,22-24,26,29-30,33-34,36-57H2,1-3H3/b10-7-,12-9-,19-16-,21-18-,28-25-,32-31-,35-27-. The van der Waals surface area contributed by atoms with Gasteiger partial charge in [-0.2, -0.15) is 0 Å². The predicted octanol–water partition coefficient (Wildman–Crippen LogP) is 18.8. The topological polar surface area (TPSA) is 78.9 Å². The highest BCUT2D eigenvalue weighted by Crippen LogP contribution is 2.16. The SMILES string of the molecule is CC/C=C\C/C=C\C/C=C\C/C=C\CCCCCCCCC(=O)OCC(COC(=O)CCCCCC/C=C\C/C=C\C/C=C\CC)OC(=O)CCCCCCCCCCCCCCCCCC. The largest absolute Gasteiger partial charge is 0.462 e. The number of carbonyl (C=O) groups is 3. The lowest BCUT2D eigenvalue weighted by Gasteiger charge is -2.18. The molecule has 1 atom stereocenters. The monoisotopic (exact) mass is 933 g/mol. The van der Waals surface area contributed by atoms with Crippen molar-refractivity contribution in [2.75, 3.05) is 13.2 Å². The number of unbranched alkanes of at least 4 members (excludes halogenated alkanes) is 25. The third-order valence-corrected chi connectivity index (χ3v) is 11.9. The molecule has 0 spiro atoms. The molecule has 0 aliphatic rings. The van der Waals surface area contributed by atoms with E-state index in [1.807, 2.05) is 0 Å². The molecule has 6 nitrogen and oxygen atoms in total. The second-order valence-electron chi connectivity index (χ2n) is 18.4. The normalized spacial score (nSPS) is 12.7. The van der Waals surface area contributed by atoms with Crippen LogP contribution >= 0.6 is 0 Å². The van der Waals surface area contributed by atoms with E-state index >= 15 is 0 Å². The van der Waals surface area contributed by atoms with Gasteiger partial charge in [-0.3, -0.25) is 14.4 Å². The highest BCUT2D eigenvalue weighted by Gasteiger charge is 2.19. The highest BCUT2D eigenvalue weighted by molar-refractivity contribution is 5.71. The molecule has 0 heterocycles. The molecule has 0 aliphatic heterocycles. The predicted molar refractivity (Wildman–Crippen MR) is 288 cm³/mol. The first kappa shape index (κ1) is 63.6. The van der Waals surface area contributed by atoms with E-state index in [2.05, 4.69) is 106 Å². The lowest BCUT2D eigenvalue weighted by molar-refractivity contribution is -0.167. The molecule has 67 heavy (non-hydrogen) atoms. The first-order chi connectivity index (χ1) is 33.0. The zero-order valence-electron chi connectivity index (χ0n) is 43.9. The molecule has 0 bridgehead atoms. The summed E-state index contributed by atoms with van der Waals surface area (Å²) in [4.78, 5) is 38.1. The summed E-state index contributed by atoms with van der Waals surface area (Å²) in [6, 6.07) is 0. The van der Waals surface area contributed by atoms with Crippen molar-refractivity contribution in [3.05, 3.63) is 85.1 Å². The fourth-order valence-corrected chi connectivity index (χ4v) is 7.74. The molecule has 0 rings (SSSR count). The van der Waals surface area contributed by atoms with Gasteiger partial charge in [-0.25, -0.2) is 0 Å². The minimum absolute atomic E-state index is 0.0900. The molecule has 6 heteroatoms. The van der Waals surface area contributed by atoms with E-state index in [1.54, 1.807) is 0 Å². The summed E-state index contributed by atoms with van der Waals surface area (Å²) in [5.74, 6) is -0.918. The van der Waals surface area contributed by atoms with E-state index in [0.717, 1.165) is 122 Å². The van der Waals surface area contributed by atoms with Gasteiger partial charge in [0.05, 0.1) is 0 Å². The third-order valence-electron chi connectivity index (χ3n) is 11.9. The van der Waals surface area contributed by atoms with Crippen molar-refractivity contribution in [3.8, 4) is 0 Å². The Morgan fingerprint density at radius 3 is 0.910 bits per heavy atom. The molecule has 0 fully saturated rings. The van der Waals surface area contributed by atoms with Crippen molar-refractivity contribution >= 4 is 17.9 Å². The van der Waals surface area contributed by atoms with Crippen LogP contribution in [0.15, 0.2) is 85.1 Å². The lowest BCUT2D eigenvalue weighted by atomic mass is 10.0. The quantitative estimate of drug-likeness (QED) is 0.0262. The number of hydrogen-bond donors (Lipinski definition) is 0. The second kappa shape index (κ2) is 55.2. The molecule has 0 N–H and O–H groups in total. The summed E-state index contributed by atoms with van der Waals surface area (Å²) in [7, 11) is 0. The molecule has 384 valence electrons. The van der Waals surface area contributed by atoms with Crippen LogP contribution in [-0.4, -0.2) is 37.2 Å². The summed E-state index contributed by atoms with van der Waals surface area (Å²) in [6.07, 6.45) is 71.4. The van der Waals surface area contributed by atoms with E-state index < -0.39 is 6.10 Å². The Hall–Kier alpha value is -3.41. The molecule has 1 unspecified atom stereocenters. The Kier molecular flexibility index (Phi) is 52.4. The third kappa shape index (κ3) is 53.4. The van der Waals surface area contributed by atoms with E-state index in [1.165, 1.54) is 103 Å². The van der Waals surface area contributed by atoms with Gasteiger partial charge in [0.15, 0.2) is 6.10 Å². The van der Waals surface area contributed by atoms with Crippen LogP contribution in [0.5, 0.6) is 0 Å². The molecule has 0 aromatic rings. The number of hydrogen-bond acceptors (Lipinski definition) is 6. The van der Waals surface area contributed by atoms with Gasteiger partial charge < -0.3 is 14.2 Å². The van der Waals surface area contributed by atoms with E-state index in [-0.39, 0.29) is 31.1 Å². The minimum Gasteiger partial charge on any atom is -0.462 e. The Labute approximate surface area is 414 Å². The Morgan fingerprint density at radius 2 is 0.582 bits per heavy atom. The molecular formula is C61H104O6. The summed E-state index contributed by atoms with van der Waals surface area (Å²) < 4.78 is 16.8. The van der Waals surface area contributed by atoms with Gasteiger partial charge in [-0.05, 0) is 89.9 Å². The molecule has 0 aromatic carbocycles. The number of rotatable bonds is 50. The number of esters is 3. The van der Waals surface area contributed by atoms with Crippen LogP contribution in [0.4, 0.5) is 0 Å². The molecule has 0 saturated heterocycles. The van der Waals surface area contributed by atoms with Crippen molar-refractivity contribution in [2.45, 2.75) is 271 Å².